The van der Waals surface area contributed by atoms with E-state index in [2.05, 4.69) is 5.32 Å². The van der Waals surface area contributed by atoms with Crippen molar-refractivity contribution in [3.63, 3.8) is 0 Å². The molecule has 1 aromatic heterocycles. The average molecular weight is 313 g/mol. The van der Waals surface area contributed by atoms with E-state index in [-0.39, 0.29) is 22.7 Å². The molecular formula is C14H14Cl2N2O2. The standard InChI is InChI=1S/C14H14Cl2N2O2/c1-8(2)18-7-9(15)5-12(18)14(20)17-10-3-4-11(16)13(19)6-10/h3-8,19H,1-2H3,(H,17,20). The fourth-order valence-electron chi connectivity index (χ4n) is 1.84. The second-order valence-electron chi connectivity index (χ2n) is 4.66. The van der Waals surface area contributed by atoms with Gasteiger partial charge in [0.15, 0.2) is 0 Å². The van der Waals surface area contributed by atoms with Crippen molar-refractivity contribution in [2.24, 2.45) is 0 Å². The Morgan fingerprint density at radius 1 is 1.30 bits per heavy atom. The highest BCUT2D eigenvalue weighted by Gasteiger charge is 2.15. The van der Waals surface area contributed by atoms with E-state index in [0.29, 0.717) is 16.4 Å². The molecule has 0 saturated carbocycles. The first kappa shape index (κ1) is 14.8. The number of aromatic nitrogens is 1. The van der Waals surface area contributed by atoms with Crippen LogP contribution in [0.5, 0.6) is 5.75 Å². The first-order valence-electron chi connectivity index (χ1n) is 6.05. The molecule has 0 radical (unpaired) electrons. The molecule has 0 atom stereocenters. The summed E-state index contributed by atoms with van der Waals surface area (Å²) in [5.74, 6) is -0.380. The minimum absolute atomic E-state index is 0.0817. The number of carbonyl (C=O) groups excluding carboxylic acids is 1. The topological polar surface area (TPSA) is 54.3 Å². The predicted octanol–water partition coefficient (Wildman–Crippen LogP) is 4.33. The quantitative estimate of drug-likeness (QED) is 0.886. The Labute approximate surface area is 126 Å². The van der Waals surface area contributed by atoms with Crippen LogP contribution in [0.4, 0.5) is 5.69 Å². The van der Waals surface area contributed by atoms with Crippen LogP contribution in [0.25, 0.3) is 0 Å². The van der Waals surface area contributed by atoms with Crippen molar-refractivity contribution in [1.82, 2.24) is 4.57 Å². The number of hydrogen-bond acceptors (Lipinski definition) is 2. The third-order valence-corrected chi connectivity index (χ3v) is 3.33. The van der Waals surface area contributed by atoms with Crippen molar-refractivity contribution < 1.29 is 9.90 Å². The van der Waals surface area contributed by atoms with Crippen LogP contribution in [0.3, 0.4) is 0 Å². The molecule has 0 aliphatic rings. The molecule has 106 valence electrons. The lowest BCUT2D eigenvalue weighted by Gasteiger charge is -2.13. The van der Waals surface area contributed by atoms with Gasteiger partial charge in [0.25, 0.3) is 5.91 Å². The van der Waals surface area contributed by atoms with E-state index in [9.17, 15) is 9.90 Å². The second-order valence-corrected chi connectivity index (χ2v) is 5.51. The van der Waals surface area contributed by atoms with Gasteiger partial charge in [-0.3, -0.25) is 4.79 Å². The van der Waals surface area contributed by atoms with Gasteiger partial charge in [0.05, 0.1) is 10.0 Å². The third-order valence-electron chi connectivity index (χ3n) is 2.81. The van der Waals surface area contributed by atoms with Crippen LogP contribution in [0.1, 0.15) is 30.4 Å². The van der Waals surface area contributed by atoms with Gasteiger partial charge in [0.1, 0.15) is 11.4 Å². The molecule has 0 unspecified atom stereocenters. The van der Waals surface area contributed by atoms with E-state index >= 15 is 0 Å². The molecule has 1 heterocycles. The Kier molecular flexibility index (Phi) is 4.26. The van der Waals surface area contributed by atoms with Crippen molar-refractivity contribution in [1.29, 1.82) is 0 Å². The number of phenols is 1. The monoisotopic (exact) mass is 312 g/mol. The number of hydrogen-bond donors (Lipinski definition) is 2. The molecule has 6 heteroatoms. The predicted molar refractivity (Wildman–Crippen MR) is 80.9 cm³/mol. The minimum atomic E-state index is -0.299. The molecule has 0 saturated heterocycles. The van der Waals surface area contributed by atoms with Gasteiger partial charge in [-0.15, -0.1) is 0 Å². The van der Waals surface area contributed by atoms with E-state index in [0.717, 1.165) is 0 Å². The zero-order valence-corrected chi connectivity index (χ0v) is 12.5. The van der Waals surface area contributed by atoms with Crippen molar-refractivity contribution in [2.75, 3.05) is 5.32 Å². The van der Waals surface area contributed by atoms with Gasteiger partial charge >= 0.3 is 0 Å². The van der Waals surface area contributed by atoms with Gasteiger partial charge in [-0.05, 0) is 32.0 Å². The van der Waals surface area contributed by atoms with Crippen molar-refractivity contribution >= 4 is 34.8 Å². The maximum Gasteiger partial charge on any atom is 0.272 e. The van der Waals surface area contributed by atoms with Crippen LogP contribution in [-0.4, -0.2) is 15.6 Å². The molecule has 0 bridgehead atoms. The van der Waals surface area contributed by atoms with Gasteiger partial charge in [0, 0.05) is 24.0 Å². The van der Waals surface area contributed by atoms with E-state index < -0.39 is 0 Å². The summed E-state index contributed by atoms with van der Waals surface area (Å²) < 4.78 is 1.79. The summed E-state index contributed by atoms with van der Waals surface area (Å²) in [5, 5.41) is 13.0. The minimum Gasteiger partial charge on any atom is -0.506 e. The summed E-state index contributed by atoms with van der Waals surface area (Å²) in [7, 11) is 0. The van der Waals surface area contributed by atoms with Gasteiger partial charge in [-0.1, -0.05) is 23.2 Å². The summed E-state index contributed by atoms with van der Waals surface area (Å²) in [6, 6.07) is 6.24. The van der Waals surface area contributed by atoms with Crippen molar-refractivity contribution in [3.8, 4) is 5.75 Å². The zero-order chi connectivity index (χ0) is 14.9. The first-order valence-corrected chi connectivity index (χ1v) is 6.81. The smallest absolute Gasteiger partial charge is 0.272 e. The SMILES string of the molecule is CC(C)n1cc(Cl)cc1C(=O)Nc1ccc(Cl)c(O)c1. The maximum atomic E-state index is 12.2. The highest BCUT2D eigenvalue weighted by atomic mass is 35.5. The third kappa shape index (κ3) is 3.08. The van der Waals surface area contributed by atoms with Gasteiger partial charge in [-0.25, -0.2) is 0 Å². The molecule has 2 rings (SSSR count). The number of aromatic hydroxyl groups is 1. The fourth-order valence-corrected chi connectivity index (χ4v) is 2.17. The van der Waals surface area contributed by atoms with Crippen molar-refractivity contribution in [3.05, 3.63) is 46.2 Å². The van der Waals surface area contributed by atoms with Crippen LogP contribution >= 0.6 is 23.2 Å². The highest BCUT2D eigenvalue weighted by molar-refractivity contribution is 6.32. The highest BCUT2D eigenvalue weighted by Crippen LogP contribution is 2.27. The Bertz CT molecular complexity index is 651. The summed E-state index contributed by atoms with van der Waals surface area (Å²) in [6.45, 7) is 3.92. The number of phenolic OH excluding ortho intramolecular Hbond substituents is 1. The van der Waals surface area contributed by atoms with Crippen LogP contribution in [-0.2, 0) is 0 Å². The van der Waals surface area contributed by atoms with Crippen LogP contribution in [0.2, 0.25) is 10.0 Å². The normalized spacial score (nSPS) is 10.8. The van der Waals surface area contributed by atoms with Gasteiger partial charge in [0.2, 0.25) is 0 Å². The Balaban J connectivity index is 2.26. The Morgan fingerprint density at radius 2 is 2.00 bits per heavy atom. The number of anilines is 1. The molecule has 2 N–H and O–H groups in total. The maximum absolute atomic E-state index is 12.2. The number of nitrogens with zero attached hydrogens (tertiary/aromatic N) is 1. The van der Waals surface area contributed by atoms with Crippen LogP contribution in [0.15, 0.2) is 30.5 Å². The number of benzene rings is 1. The largest absolute Gasteiger partial charge is 0.506 e. The second kappa shape index (κ2) is 5.77. The molecule has 20 heavy (non-hydrogen) atoms. The van der Waals surface area contributed by atoms with E-state index in [4.69, 9.17) is 23.2 Å². The molecular weight excluding hydrogens is 299 g/mol. The Hall–Kier alpha value is -1.65. The molecule has 2 aromatic rings. The first-order chi connectivity index (χ1) is 9.38. The summed E-state index contributed by atoms with van der Waals surface area (Å²) in [5.41, 5.74) is 0.920. The zero-order valence-electron chi connectivity index (χ0n) is 11.0. The number of nitrogens with one attached hydrogen (secondary N) is 1. The molecule has 0 aliphatic heterocycles. The molecule has 1 amide bonds. The van der Waals surface area contributed by atoms with Crippen molar-refractivity contribution in [2.45, 2.75) is 19.9 Å². The van der Waals surface area contributed by atoms with Gasteiger partial charge in [-0.2, -0.15) is 0 Å². The van der Waals surface area contributed by atoms with E-state index in [1.807, 2.05) is 13.8 Å². The summed E-state index contributed by atoms with van der Waals surface area (Å²) in [6.07, 6.45) is 1.71. The lowest BCUT2D eigenvalue weighted by atomic mass is 10.2. The lowest BCUT2D eigenvalue weighted by Crippen LogP contribution is -2.17. The molecule has 0 aliphatic carbocycles. The molecule has 0 fully saturated rings. The fraction of sp³-hybridized carbons (Fsp3) is 0.214. The number of amides is 1. The van der Waals surface area contributed by atoms with Crippen LogP contribution in [0, 0.1) is 0 Å². The van der Waals surface area contributed by atoms with Gasteiger partial charge < -0.3 is 15.0 Å². The number of halogens is 2. The molecule has 1 aromatic carbocycles. The summed E-state index contributed by atoms with van der Waals surface area (Å²) >= 11 is 11.7. The number of rotatable bonds is 3. The average Bonchev–Trinajstić information content (AvgIpc) is 2.76. The lowest BCUT2D eigenvalue weighted by molar-refractivity contribution is 0.101. The van der Waals surface area contributed by atoms with Crippen LogP contribution < -0.4 is 5.32 Å². The molecule has 0 spiro atoms. The summed E-state index contributed by atoms with van der Waals surface area (Å²) in [4.78, 5) is 12.2. The Morgan fingerprint density at radius 3 is 2.60 bits per heavy atom. The van der Waals surface area contributed by atoms with E-state index in [1.165, 1.54) is 12.1 Å². The molecule has 4 nitrogen and oxygen atoms in total. The van der Waals surface area contributed by atoms with E-state index in [1.54, 1.807) is 22.9 Å². The number of carbonyl (C=O) groups is 1.